The van der Waals surface area contributed by atoms with E-state index in [0.29, 0.717) is 18.7 Å². The third-order valence-corrected chi connectivity index (χ3v) is 3.99. The first-order chi connectivity index (χ1) is 13.0. The van der Waals surface area contributed by atoms with Crippen LogP contribution in [0.5, 0.6) is 0 Å². The zero-order chi connectivity index (χ0) is 19.6. The van der Waals surface area contributed by atoms with E-state index in [-0.39, 0.29) is 11.8 Å². The van der Waals surface area contributed by atoms with Crippen molar-refractivity contribution in [2.45, 2.75) is 38.8 Å². The van der Waals surface area contributed by atoms with Crippen LogP contribution in [0.15, 0.2) is 48.9 Å². The van der Waals surface area contributed by atoms with Crippen molar-refractivity contribution >= 4 is 17.7 Å². The Balaban J connectivity index is 2.11. The lowest BCUT2D eigenvalue weighted by Gasteiger charge is -2.23. The molecule has 27 heavy (non-hydrogen) atoms. The maximum Gasteiger partial charge on any atom is 0.328 e. The van der Waals surface area contributed by atoms with Gasteiger partial charge in [-0.05, 0) is 17.9 Å². The van der Waals surface area contributed by atoms with Gasteiger partial charge in [0.05, 0.1) is 13.3 Å². The summed E-state index contributed by atoms with van der Waals surface area (Å²) in [6, 6.07) is 8.20. The number of carbonyl (C=O) groups is 2. The third kappa shape index (κ3) is 6.69. The van der Waals surface area contributed by atoms with Gasteiger partial charge in [0.1, 0.15) is 17.9 Å². The molecule has 2 N–H and O–H groups in total. The Kier molecular flexibility index (Phi) is 7.73. The van der Waals surface area contributed by atoms with Gasteiger partial charge in [-0.3, -0.25) is 9.78 Å². The molecule has 2 aromatic rings. The van der Waals surface area contributed by atoms with Crippen LogP contribution >= 0.6 is 0 Å². The van der Waals surface area contributed by atoms with Crippen molar-refractivity contribution in [3.05, 3.63) is 54.5 Å². The van der Waals surface area contributed by atoms with Crippen molar-refractivity contribution in [1.82, 2.24) is 15.3 Å². The number of aromatic nitrogens is 2. The van der Waals surface area contributed by atoms with Crippen LogP contribution in [0, 0.1) is 5.92 Å². The van der Waals surface area contributed by atoms with Gasteiger partial charge in [0, 0.05) is 18.8 Å². The second-order valence-electron chi connectivity index (χ2n) is 6.69. The van der Waals surface area contributed by atoms with E-state index in [0.717, 1.165) is 5.56 Å². The Hall–Kier alpha value is -2.96. The number of carbonyl (C=O) groups excluding carboxylic acids is 2. The topological polar surface area (TPSA) is 93.2 Å². The van der Waals surface area contributed by atoms with Crippen molar-refractivity contribution in [3.8, 4) is 0 Å². The lowest BCUT2D eigenvalue weighted by molar-refractivity contribution is -0.145. The second-order valence-corrected chi connectivity index (χ2v) is 6.69. The number of anilines is 1. The first kappa shape index (κ1) is 20.4. The molecule has 0 fully saturated rings. The lowest BCUT2D eigenvalue weighted by Crippen LogP contribution is -2.49. The molecule has 0 aliphatic carbocycles. The number of esters is 1. The number of nitrogens with one attached hydrogen (secondary N) is 2. The predicted molar refractivity (Wildman–Crippen MR) is 103 cm³/mol. The highest BCUT2D eigenvalue weighted by molar-refractivity contribution is 5.89. The maximum atomic E-state index is 12.9. The largest absolute Gasteiger partial charge is 0.467 e. The van der Waals surface area contributed by atoms with E-state index in [2.05, 4.69) is 20.6 Å². The number of hydrogen-bond acceptors (Lipinski definition) is 6. The summed E-state index contributed by atoms with van der Waals surface area (Å²) in [6.45, 7) is 4.06. The van der Waals surface area contributed by atoms with Crippen molar-refractivity contribution in [2.75, 3.05) is 12.4 Å². The Morgan fingerprint density at radius 2 is 1.85 bits per heavy atom. The number of methoxy groups -OCH3 is 1. The number of ether oxygens (including phenoxy) is 1. The summed E-state index contributed by atoms with van der Waals surface area (Å²) < 4.78 is 4.87. The van der Waals surface area contributed by atoms with Crippen molar-refractivity contribution in [1.29, 1.82) is 0 Å². The van der Waals surface area contributed by atoms with Gasteiger partial charge in [-0.15, -0.1) is 0 Å². The average Bonchev–Trinajstić information content (AvgIpc) is 2.67. The van der Waals surface area contributed by atoms with Crippen LogP contribution in [0.1, 0.15) is 25.8 Å². The molecule has 2 rings (SSSR count). The van der Waals surface area contributed by atoms with Crippen LogP contribution in [0.3, 0.4) is 0 Å². The molecule has 0 spiro atoms. The Morgan fingerprint density at radius 3 is 2.44 bits per heavy atom. The molecule has 0 aliphatic rings. The normalized spacial score (nSPS) is 12.9. The average molecular weight is 370 g/mol. The van der Waals surface area contributed by atoms with Crippen LogP contribution in [-0.2, 0) is 20.7 Å². The highest BCUT2D eigenvalue weighted by atomic mass is 16.5. The molecule has 0 bridgehead atoms. The molecule has 0 saturated carbocycles. The molecule has 0 saturated heterocycles. The minimum atomic E-state index is -0.761. The minimum Gasteiger partial charge on any atom is -0.467 e. The molecule has 1 heterocycles. The molecule has 0 aliphatic heterocycles. The van der Waals surface area contributed by atoms with Crippen molar-refractivity contribution in [2.24, 2.45) is 5.92 Å². The smallest absolute Gasteiger partial charge is 0.328 e. The third-order valence-electron chi connectivity index (χ3n) is 3.99. The molecular formula is C20H26N4O3. The molecule has 144 valence electrons. The van der Waals surface area contributed by atoms with Crippen LogP contribution in [0.25, 0.3) is 0 Å². The zero-order valence-corrected chi connectivity index (χ0v) is 15.9. The molecule has 0 radical (unpaired) electrons. The summed E-state index contributed by atoms with van der Waals surface area (Å²) in [5.41, 5.74) is 0.940. The number of amides is 1. The summed E-state index contributed by atoms with van der Waals surface area (Å²) in [5.74, 6) is 0.0299. The highest BCUT2D eigenvalue weighted by Gasteiger charge is 2.27. The van der Waals surface area contributed by atoms with E-state index in [4.69, 9.17) is 4.74 Å². The molecule has 7 nitrogen and oxygen atoms in total. The SMILES string of the molecule is COC(=O)C(Cc1ccccc1)NC(=O)C(CC(C)C)Nc1cnccn1. The van der Waals surface area contributed by atoms with Gasteiger partial charge < -0.3 is 15.4 Å². The van der Waals surface area contributed by atoms with E-state index in [1.807, 2.05) is 44.2 Å². The van der Waals surface area contributed by atoms with Crippen molar-refractivity contribution in [3.63, 3.8) is 0 Å². The Bertz CT molecular complexity index is 723. The van der Waals surface area contributed by atoms with Crippen LogP contribution in [-0.4, -0.2) is 41.0 Å². The molecule has 7 heteroatoms. The molecule has 1 amide bonds. The second kappa shape index (κ2) is 10.3. The van der Waals surface area contributed by atoms with E-state index in [9.17, 15) is 9.59 Å². The quantitative estimate of drug-likeness (QED) is 0.658. The predicted octanol–water partition coefficient (Wildman–Crippen LogP) is 2.20. The van der Waals surface area contributed by atoms with E-state index in [1.165, 1.54) is 7.11 Å². The molecule has 2 unspecified atom stereocenters. The van der Waals surface area contributed by atoms with Gasteiger partial charge in [-0.2, -0.15) is 0 Å². The van der Waals surface area contributed by atoms with E-state index < -0.39 is 18.1 Å². The van der Waals surface area contributed by atoms with Crippen molar-refractivity contribution < 1.29 is 14.3 Å². The maximum absolute atomic E-state index is 12.9. The monoisotopic (exact) mass is 370 g/mol. The van der Waals surface area contributed by atoms with Crippen LogP contribution in [0.4, 0.5) is 5.82 Å². The van der Waals surface area contributed by atoms with E-state index in [1.54, 1.807) is 18.6 Å². The number of hydrogen-bond donors (Lipinski definition) is 2. The fourth-order valence-electron chi connectivity index (χ4n) is 2.71. The Labute approximate surface area is 159 Å². The van der Waals surface area contributed by atoms with Crippen LogP contribution < -0.4 is 10.6 Å². The molecular weight excluding hydrogens is 344 g/mol. The standard InChI is InChI=1S/C20H26N4O3/c1-14(2)11-16(23-18-13-21-9-10-22-18)19(25)24-17(20(26)27-3)12-15-7-5-4-6-8-15/h4-10,13-14,16-17H,11-12H2,1-3H3,(H,22,23)(H,24,25). The van der Waals surface area contributed by atoms with E-state index >= 15 is 0 Å². The molecule has 1 aromatic carbocycles. The summed E-state index contributed by atoms with van der Waals surface area (Å²) in [5, 5.41) is 5.92. The van der Waals surface area contributed by atoms with Gasteiger partial charge in [0.25, 0.3) is 0 Å². The highest BCUT2D eigenvalue weighted by Crippen LogP contribution is 2.12. The van der Waals surface area contributed by atoms with Gasteiger partial charge in [-0.1, -0.05) is 44.2 Å². The van der Waals surface area contributed by atoms with Gasteiger partial charge in [0.15, 0.2) is 0 Å². The van der Waals surface area contributed by atoms with Gasteiger partial charge in [0.2, 0.25) is 5.91 Å². The summed E-state index contributed by atoms with van der Waals surface area (Å²) in [7, 11) is 1.32. The number of benzene rings is 1. The first-order valence-corrected chi connectivity index (χ1v) is 8.94. The lowest BCUT2D eigenvalue weighted by atomic mass is 10.0. The molecule has 1 aromatic heterocycles. The van der Waals surface area contributed by atoms with Gasteiger partial charge in [-0.25, -0.2) is 9.78 Å². The summed E-state index contributed by atoms with van der Waals surface area (Å²) in [6.07, 6.45) is 5.62. The Morgan fingerprint density at radius 1 is 1.11 bits per heavy atom. The molecule has 2 atom stereocenters. The number of rotatable bonds is 9. The van der Waals surface area contributed by atoms with Crippen LogP contribution in [0.2, 0.25) is 0 Å². The van der Waals surface area contributed by atoms with Gasteiger partial charge >= 0.3 is 5.97 Å². The summed E-state index contributed by atoms with van der Waals surface area (Å²) >= 11 is 0. The first-order valence-electron chi connectivity index (χ1n) is 8.94. The zero-order valence-electron chi connectivity index (χ0n) is 15.9. The fraction of sp³-hybridized carbons (Fsp3) is 0.400. The fourth-order valence-corrected chi connectivity index (χ4v) is 2.71. The number of nitrogens with zero attached hydrogens (tertiary/aromatic N) is 2. The minimum absolute atomic E-state index is 0.274. The summed E-state index contributed by atoms with van der Waals surface area (Å²) in [4.78, 5) is 33.2.